The maximum absolute atomic E-state index is 15.6. The molecule has 0 radical (unpaired) electrons. The maximum Gasteiger partial charge on any atom is 0.416 e. The number of benzene rings is 1. The fourth-order valence-corrected chi connectivity index (χ4v) is 5.86. The number of nitrogens with one attached hydrogen (secondary N) is 1. The van der Waals surface area contributed by atoms with Gasteiger partial charge in [-0.25, -0.2) is 9.97 Å². The lowest BCUT2D eigenvalue weighted by atomic mass is 9.87. The zero-order valence-electron chi connectivity index (χ0n) is 22.4. The van der Waals surface area contributed by atoms with Crippen molar-refractivity contribution < 1.29 is 27.1 Å². The van der Waals surface area contributed by atoms with Crippen LogP contribution in [0, 0.1) is 17.7 Å². The molecule has 40 heavy (non-hydrogen) atoms. The van der Waals surface area contributed by atoms with E-state index in [2.05, 4.69) is 20.2 Å². The molecule has 3 N–H and O–H groups in total. The van der Waals surface area contributed by atoms with Crippen molar-refractivity contribution >= 4 is 17.5 Å². The number of hydrogen-bond acceptors (Lipinski definition) is 7. The molecule has 218 valence electrons. The van der Waals surface area contributed by atoms with Crippen molar-refractivity contribution in [2.75, 3.05) is 43.1 Å². The highest BCUT2D eigenvalue weighted by molar-refractivity contribution is 5.80. The van der Waals surface area contributed by atoms with Gasteiger partial charge in [-0.3, -0.25) is 9.69 Å². The highest BCUT2D eigenvalue weighted by atomic mass is 19.4. The molecule has 1 aliphatic carbocycles. The Morgan fingerprint density at radius 2 is 1.75 bits per heavy atom. The lowest BCUT2D eigenvalue weighted by molar-refractivity contribution is -0.137. The molecule has 1 aromatic carbocycles. The van der Waals surface area contributed by atoms with Crippen LogP contribution in [-0.2, 0) is 22.3 Å². The number of ether oxygens (including phenoxy) is 1. The maximum atomic E-state index is 15.6. The summed E-state index contributed by atoms with van der Waals surface area (Å²) in [5.74, 6) is -0.0868. The molecule has 2 saturated heterocycles. The monoisotopic (exact) mass is 564 g/mol. The summed E-state index contributed by atoms with van der Waals surface area (Å²) < 4.78 is 59.9. The smallest absolute Gasteiger partial charge is 0.381 e. The van der Waals surface area contributed by atoms with Crippen molar-refractivity contribution in [2.45, 2.75) is 63.3 Å². The highest BCUT2D eigenvalue weighted by Gasteiger charge is 2.36. The van der Waals surface area contributed by atoms with Crippen molar-refractivity contribution in [1.29, 1.82) is 0 Å². The Balaban J connectivity index is 1.19. The third-order valence-electron chi connectivity index (χ3n) is 8.27. The van der Waals surface area contributed by atoms with E-state index < -0.39 is 17.6 Å². The number of alkyl halides is 3. The summed E-state index contributed by atoms with van der Waals surface area (Å²) in [6, 6.07) is 4.74. The summed E-state index contributed by atoms with van der Waals surface area (Å²) >= 11 is 0. The fourth-order valence-electron chi connectivity index (χ4n) is 5.86. The van der Waals surface area contributed by atoms with Gasteiger partial charge < -0.3 is 20.7 Å². The molecule has 8 nitrogen and oxygen atoms in total. The van der Waals surface area contributed by atoms with Crippen LogP contribution in [-0.4, -0.2) is 65.7 Å². The minimum atomic E-state index is -4.40. The number of anilines is 2. The van der Waals surface area contributed by atoms with E-state index in [4.69, 9.17) is 10.5 Å². The van der Waals surface area contributed by atoms with Crippen molar-refractivity contribution in [3.8, 4) is 0 Å². The van der Waals surface area contributed by atoms with Crippen molar-refractivity contribution in [3.05, 3.63) is 47.5 Å². The quantitative estimate of drug-likeness (QED) is 0.418. The number of primary amides is 1. The molecule has 1 saturated carbocycles. The second kappa shape index (κ2) is 12.3. The first kappa shape index (κ1) is 28.5. The number of nitrogens with zero attached hydrogens (tertiary/aromatic N) is 4. The standard InChI is InChI=1S/C28H36F4N6O2/c29-23-26(34-15-18-7-11-37(12-8-18)24(25(33)39)20-9-13-40-14-10-20)35-17-36-27(23)38(22-5-6-22)16-19-1-3-21(4-2-19)28(30,31)32/h1-4,17-18,20,22,24H,5-16H2,(H2,33,39)(H,34,35,36). The number of nitrogens with two attached hydrogens (primary N) is 1. The molecule has 2 aromatic rings. The average Bonchev–Trinajstić information content (AvgIpc) is 3.78. The number of carbonyl (C=O) groups is 1. The Kier molecular flexibility index (Phi) is 8.74. The summed E-state index contributed by atoms with van der Waals surface area (Å²) in [6.07, 6.45) is 2.01. The molecule has 5 rings (SSSR count). The topological polar surface area (TPSA) is 96.6 Å². The number of piperidine rings is 1. The highest BCUT2D eigenvalue weighted by Crippen LogP contribution is 2.36. The third kappa shape index (κ3) is 6.83. The van der Waals surface area contributed by atoms with Crippen molar-refractivity contribution in [1.82, 2.24) is 14.9 Å². The Morgan fingerprint density at radius 1 is 1.07 bits per heavy atom. The number of aromatic nitrogens is 2. The lowest BCUT2D eigenvalue weighted by Crippen LogP contribution is -2.53. The summed E-state index contributed by atoms with van der Waals surface area (Å²) in [4.78, 5) is 24.6. The summed E-state index contributed by atoms with van der Waals surface area (Å²) in [5.41, 5.74) is 5.72. The van der Waals surface area contributed by atoms with Crippen LogP contribution >= 0.6 is 0 Å². The van der Waals surface area contributed by atoms with Crippen LogP contribution in [0.2, 0.25) is 0 Å². The minimum Gasteiger partial charge on any atom is -0.381 e. The Bertz CT molecular complexity index is 1150. The van der Waals surface area contributed by atoms with Gasteiger partial charge in [-0.1, -0.05) is 12.1 Å². The van der Waals surface area contributed by atoms with E-state index in [1.807, 2.05) is 4.90 Å². The molecule has 2 aliphatic heterocycles. The predicted octanol–water partition coefficient (Wildman–Crippen LogP) is 4.21. The van der Waals surface area contributed by atoms with E-state index in [1.165, 1.54) is 18.5 Å². The largest absolute Gasteiger partial charge is 0.416 e. The van der Waals surface area contributed by atoms with E-state index in [0.29, 0.717) is 25.3 Å². The van der Waals surface area contributed by atoms with E-state index >= 15 is 4.39 Å². The normalized spacial score (nSPS) is 20.3. The van der Waals surface area contributed by atoms with Gasteiger partial charge in [-0.2, -0.15) is 17.6 Å². The molecule has 3 heterocycles. The second-order valence-electron chi connectivity index (χ2n) is 11.1. The average molecular weight is 565 g/mol. The van der Waals surface area contributed by atoms with Gasteiger partial charge in [0, 0.05) is 32.3 Å². The zero-order valence-corrected chi connectivity index (χ0v) is 22.4. The molecule has 1 aromatic heterocycles. The van der Waals surface area contributed by atoms with Gasteiger partial charge in [0.25, 0.3) is 0 Å². The van der Waals surface area contributed by atoms with Gasteiger partial charge >= 0.3 is 6.18 Å². The van der Waals surface area contributed by atoms with Crippen LogP contribution in [0.25, 0.3) is 0 Å². The molecule has 1 atom stereocenters. The number of halogens is 4. The molecule has 3 aliphatic rings. The SMILES string of the molecule is NC(=O)C(C1CCOCC1)N1CCC(CNc2ncnc(N(Cc3ccc(C(F)(F)F)cc3)C3CC3)c2F)CC1. The predicted molar refractivity (Wildman–Crippen MR) is 142 cm³/mol. The van der Waals surface area contributed by atoms with E-state index in [9.17, 15) is 18.0 Å². The third-order valence-corrected chi connectivity index (χ3v) is 8.27. The molecule has 0 spiro atoms. The van der Waals surface area contributed by atoms with Crippen LogP contribution < -0.4 is 16.0 Å². The van der Waals surface area contributed by atoms with E-state index in [0.717, 1.165) is 63.7 Å². The minimum absolute atomic E-state index is 0.0813. The second-order valence-corrected chi connectivity index (χ2v) is 11.1. The van der Waals surface area contributed by atoms with Crippen molar-refractivity contribution in [3.63, 3.8) is 0 Å². The summed E-state index contributed by atoms with van der Waals surface area (Å²) in [5, 5.41) is 3.15. The van der Waals surface area contributed by atoms with Crippen LogP contribution in [0.3, 0.4) is 0 Å². The van der Waals surface area contributed by atoms with Gasteiger partial charge in [-0.05, 0) is 81.1 Å². The van der Waals surface area contributed by atoms with Gasteiger partial charge in [0.15, 0.2) is 11.6 Å². The van der Waals surface area contributed by atoms with Crippen molar-refractivity contribution in [2.24, 2.45) is 17.6 Å². The molecule has 12 heteroatoms. The molecular weight excluding hydrogens is 528 g/mol. The summed E-state index contributed by atoms with van der Waals surface area (Å²) in [7, 11) is 0. The number of carbonyl (C=O) groups excluding carboxylic acids is 1. The number of hydrogen-bond donors (Lipinski definition) is 2. The van der Waals surface area contributed by atoms with E-state index in [1.54, 1.807) is 0 Å². The number of rotatable bonds is 10. The van der Waals surface area contributed by atoms with Gasteiger partial charge in [0.05, 0.1) is 11.6 Å². The van der Waals surface area contributed by atoms with Crippen LogP contribution in [0.4, 0.5) is 29.2 Å². The number of likely N-dealkylation sites (tertiary alicyclic amines) is 1. The van der Waals surface area contributed by atoms with Crippen LogP contribution in [0.15, 0.2) is 30.6 Å². The number of amides is 1. The molecular formula is C28H36F4N6O2. The van der Waals surface area contributed by atoms with Crippen LogP contribution in [0.5, 0.6) is 0 Å². The summed E-state index contributed by atoms with van der Waals surface area (Å²) in [6.45, 7) is 3.59. The van der Waals surface area contributed by atoms with Gasteiger partial charge in [0.1, 0.15) is 6.33 Å². The fraction of sp³-hybridized carbons (Fsp3) is 0.607. The molecule has 0 bridgehead atoms. The first-order chi connectivity index (χ1) is 19.2. The lowest BCUT2D eigenvalue weighted by Gasteiger charge is -2.40. The first-order valence-corrected chi connectivity index (χ1v) is 14.0. The first-order valence-electron chi connectivity index (χ1n) is 14.0. The van der Waals surface area contributed by atoms with Gasteiger partial charge in [0.2, 0.25) is 11.7 Å². The van der Waals surface area contributed by atoms with Crippen LogP contribution in [0.1, 0.15) is 49.7 Å². The molecule has 1 amide bonds. The Labute approximate surface area is 231 Å². The molecule has 3 fully saturated rings. The Hall–Kier alpha value is -2.99. The van der Waals surface area contributed by atoms with Gasteiger partial charge in [-0.15, -0.1) is 0 Å². The molecule has 1 unspecified atom stereocenters. The zero-order chi connectivity index (χ0) is 28.3. The Morgan fingerprint density at radius 3 is 2.35 bits per heavy atom. The van der Waals surface area contributed by atoms with E-state index in [-0.39, 0.29) is 48.0 Å².